The average molecular weight is 366 g/mol. The third-order valence-electron chi connectivity index (χ3n) is 3.83. The molecule has 0 atom stereocenters. The normalized spacial score (nSPS) is 11.2. The van der Waals surface area contributed by atoms with Gasteiger partial charge in [0.05, 0.1) is 0 Å². The number of rotatable bonds is 6. The lowest BCUT2D eigenvalue weighted by Crippen LogP contribution is -2.30. The first-order chi connectivity index (χ1) is 12.2. The minimum absolute atomic E-state index is 0.247. The molecular formula is C19H21F3N2O2. The maximum atomic E-state index is 12.6. The van der Waals surface area contributed by atoms with Gasteiger partial charge in [0.15, 0.2) is 0 Å². The molecule has 0 N–H and O–H groups in total. The van der Waals surface area contributed by atoms with Gasteiger partial charge in [-0.25, -0.2) is 0 Å². The van der Waals surface area contributed by atoms with Crippen LogP contribution in [0.1, 0.15) is 22.8 Å². The second-order valence-corrected chi connectivity index (χ2v) is 5.95. The summed E-state index contributed by atoms with van der Waals surface area (Å²) in [5.41, 5.74) is 2.34. The van der Waals surface area contributed by atoms with Gasteiger partial charge in [-0.1, -0.05) is 12.1 Å². The van der Waals surface area contributed by atoms with E-state index in [0.29, 0.717) is 18.7 Å². The van der Waals surface area contributed by atoms with Crippen LogP contribution in [-0.4, -0.2) is 37.8 Å². The van der Waals surface area contributed by atoms with Crippen molar-refractivity contribution in [2.75, 3.05) is 25.5 Å². The predicted octanol–water partition coefficient (Wildman–Crippen LogP) is 4.31. The summed E-state index contributed by atoms with van der Waals surface area (Å²) in [6, 6.07) is 12.8. The highest BCUT2D eigenvalue weighted by molar-refractivity contribution is 5.94. The molecule has 0 spiro atoms. The molecule has 0 saturated heterocycles. The Morgan fingerprint density at radius 3 is 2.04 bits per heavy atom. The highest BCUT2D eigenvalue weighted by atomic mass is 19.4. The van der Waals surface area contributed by atoms with Crippen LogP contribution in [0.25, 0.3) is 0 Å². The Kier molecular flexibility index (Phi) is 6.13. The van der Waals surface area contributed by atoms with E-state index in [-0.39, 0.29) is 11.7 Å². The first-order valence-electron chi connectivity index (χ1n) is 8.11. The fraction of sp³-hybridized carbons (Fsp3) is 0.316. The topological polar surface area (TPSA) is 32.8 Å². The smallest absolute Gasteiger partial charge is 0.406 e. The van der Waals surface area contributed by atoms with E-state index in [1.165, 1.54) is 12.1 Å². The van der Waals surface area contributed by atoms with E-state index in [9.17, 15) is 18.0 Å². The molecule has 0 aliphatic carbocycles. The number of benzene rings is 2. The lowest BCUT2D eigenvalue weighted by molar-refractivity contribution is -0.274. The molecule has 0 aliphatic heterocycles. The van der Waals surface area contributed by atoms with Gasteiger partial charge in [-0.3, -0.25) is 4.79 Å². The van der Waals surface area contributed by atoms with Crippen LogP contribution in [0.5, 0.6) is 5.75 Å². The van der Waals surface area contributed by atoms with Crippen molar-refractivity contribution in [3.63, 3.8) is 0 Å². The summed E-state index contributed by atoms with van der Waals surface area (Å²) in [4.78, 5) is 16.2. The summed E-state index contributed by atoms with van der Waals surface area (Å²) >= 11 is 0. The summed E-state index contributed by atoms with van der Waals surface area (Å²) in [7, 11) is 3.89. The Hall–Kier alpha value is -2.70. The molecule has 26 heavy (non-hydrogen) atoms. The number of nitrogens with zero attached hydrogens (tertiary/aromatic N) is 2. The molecule has 0 aliphatic rings. The molecule has 140 valence electrons. The maximum Gasteiger partial charge on any atom is 0.573 e. The van der Waals surface area contributed by atoms with Crippen LogP contribution in [0, 0.1) is 0 Å². The molecule has 0 bridgehead atoms. The number of anilines is 1. The fourth-order valence-electron chi connectivity index (χ4n) is 2.43. The maximum absolute atomic E-state index is 12.6. The lowest BCUT2D eigenvalue weighted by Gasteiger charge is -2.22. The van der Waals surface area contributed by atoms with Crippen LogP contribution >= 0.6 is 0 Å². The molecule has 1 amide bonds. The lowest BCUT2D eigenvalue weighted by atomic mass is 10.1. The summed E-state index contributed by atoms with van der Waals surface area (Å²) in [6.45, 7) is 2.76. The summed E-state index contributed by atoms with van der Waals surface area (Å²) in [5.74, 6) is -0.598. The van der Waals surface area contributed by atoms with E-state index < -0.39 is 6.36 Å². The van der Waals surface area contributed by atoms with E-state index in [4.69, 9.17) is 0 Å². The van der Waals surface area contributed by atoms with Crippen LogP contribution in [0.15, 0.2) is 48.5 Å². The molecule has 0 heterocycles. The SMILES string of the molecule is CCN(Cc1ccc(N(C)C)cc1)C(=O)c1ccc(OC(F)(F)F)cc1. The third kappa shape index (κ3) is 5.40. The highest BCUT2D eigenvalue weighted by Crippen LogP contribution is 2.23. The van der Waals surface area contributed by atoms with Crippen molar-refractivity contribution < 1.29 is 22.7 Å². The molecule has 0 unspecified atom stereocenters. The third-order valence-corrected chi connectivity index (χ3v) is 3.83. The molecule has 0 fully saturated rings. The number of hydrogen-bond donors (Lipinski definition) is 0. The summed E-state index contributed by atoms with van der Waals surface area (Å²) < 4.78 is 40.4. The molecule has 2 aromatic rings. The zero-order valence-corrected chi connectivity index (χ0v) is 14.9. The van der Waals surface area contributed by atoms with Gasteiger partial charge < -0.3 is 14.5 Å². The molecule has 0 saturated carbocycles. The van der Waals surface area contributed by atoms with Gasteiger partial charge in [-0.15, -0.1) is 13.2 Å². The van der Waals surface area contributed by atoms with Gasteiger partial charge in [0, 0.05) is 38.4 Å². The number of halogens is 3. The molecule has 7 heteroatoms. The summed E-state index contributed by atoms with van der Waals surface area (Å²) in [5, 5.41) is 0. The van der Waals surface area contributed by atoms with E-state index in [1.54, 1.807) is 4.90 Å². The molecular weight excluding hydrogens is 345 g/mol. The van der Waals surface area contributed by atoms with Crippen LogP contribution < -0.4 is 9.64 Å². The van der Waals surface area contributed by atoms with Gasteiger partial charge >= 0.3 is 6.36 Å². The minimum atomic E-state index is -4.75. The first kappa shape index (κ1) is 19.6. The second kappa shape index (κ2) is 8.12. The van der Waals surface area contributed by atoms with Crippen molar-refractivity contribution in [1.82, 2.24) is 4.90 Å². The summed E-state index contributed by atoms with van der Waals surface area (Å²) in [6.07, 6.45) is -4.75. The van der Waals surface area contributed by atoms with E-state index >= 15 is 0 Å². The van der Waals surface area contributed by atoms with Crippen LogP contribution in [0.3, 0.4) is 0 Å². The number of carbonyl (C=O) groups is 1. The van der Waals surface area contributed by atoms with Gasteiger partial charge in [-0.2, -0.15) is 0 Å². The van der Waals surface area contributed by atoms with Crippen LogP contribution in [0.2, 0.25) is 0 Å². The van der Waals surface area contributed by atoms with Gasteiger partial charge in [0.25, 0.3) is 5.91 Å². The minimum Gasteiger partial charge on any atom is -0.406 e. The second-order valence-electron chi connectivity index (χ2n) is 5.95. The Morgan fingerprint density at radius 2 is 1.58 bits per heavy atom. The first-order valence-corrected chi connectivity index (χ1v) is 8.11. The van der Waals surface area contributed by atoms with Crippen LogP contribution in [-0.2, 0) is 6.54 Å². The molecule has 4 nitrogen and oxygen atoms in total. The highest BCUT2D eigenvalue weighted by Gasteiger charge is 2.31. The molecule has 0 aromatic heterocycles. The monoisotopic (exact) mass is 366 g/mol. The van der Waals surface area contributed by atoms with Crippen molar-refractivity contribution >= 4 is 11.6 Å². The number of amides is 1. The van der Waals surface area contributed by atoms with Crippen molar-refractivity contribution in [1.29, 1.82) is 0 Å². The Labute approximate surface area is 150 Å². The standard InChI is InChI=1S/C19H21F3N2O2/c1-4-24(13-14-5-9-16(10-6-14)23(2)3)18(25)15-7-11-17(12-8-15)26-19(20,21)22/h5-12H,4,13H2,1-3H3. The van der Waals surface area contributed by atoms with Crippen molar-refractivity contribution in [2.24, 2.45) is 0 Å². The zero-order chi connectivity index (χ0) is 19.3. The zero-order valence-electron chi connectivity index (χ0n) is 14.9. The van der Waals surface area contributed by atoms with Gasteiger partial charge in [0.1, 0.15) is 5.75 Å². The largest absolute Gasteiger partial charge is 0.573 e. The van der Waals surface area contributed by atoms with E-state index in [2.05, 4.69) is 4.74 Å². The van der Waals surface area contributed by atoms with Crippen molar-refractivity contribution in [3.8, 4) is 5.75 Å². The van der Waals surface area contributed by atoms with E-state index in [1.807, 2.05) is 50.2 Å². The Bertz CT molecular complexity index is 726. The van der Waals surface area contributed by atoms with E-state index in [0.717, 1.165) is 23.4 Å². The molecule has 2 aromatic carbocycles. The number of alkyl halides is 3. The average Bonchev–Trinajstić information content (AvgIpc) is 2.58. The van der Waals surface area contributed by atoms with Crippen LogP contribution in [0.4, 0.5) is 18.9 Å². The van der Waals surface area contributed by atoms with Crippen molar-refractivity contribution in [2.45, 2.75) is 19.8 Å². The number of ether oxygens (including phenoxy) is 1. The van der Waals surface area contributed by atoms with Gasteiger partial charge in [-0.05, 0) is 48.9 Å². The fourth-order valence-corrected chi connectivity index (χ4v) is 2.43. The number of carbonyl (C=O) groups excluding carboxylic acids is 1. The number of hydrogen-bond acceptors (Lipinski definition) is 3. The molecule has 2 rings (SSSR count). The Morgan fingerprint density at radius 1 is 1.00 bits per heavy atom. The Balaban J connectivity index is 2.08. The predicted molar refractivity (Wildman–Crippen MR) is 94.3 cm³/mol. The van der Waals surface area contributed by atoms with Crippen molar-refractivity contribution in [3.05, 3.63) is 59.7 Å². The van der Waals surface area contributed by atoms with Gasteiger partial charge in [0.2, 0.25) is 0 Å². The quantitative estimate of drug-likeness (QED) is 0.764. The molecule has 0 radical (unpaired) electrons.